The van der Waals surface area contributed by atoms with Crippen LogP contribution in [0.5, 0.6) is 0 Å². The van der Waals surface area contributed by atoms with Crippen molar-refractivity contribution < 1.29 is 41.8 Å². The fourth-order valence-electron chi connectivity index (χ4n) is 0. The van der Waals surface area contributed by atoms with Gasteiger partial charge in [0.15, 0.2) is 0 Å². The van der Waals surface area contributed by atoms with Crippen LogP contribution in [0.2, 0.25) is 0 Å². The third-order valence-corrected chi connectivity index (χ3v) is 0. The van der Waals surface area contributed by atoms with E-state index in [1.807, 2.05) is 13.8 Å². The third kappa shape index (κ3) is 1840. The lowest BCUT2D eigenvalue weighted by molar-refractivity contribution is -0.295. The normalized spacial score (nSPS) is 5.50. The van der Waals surface area contributed by atoms with Crippen LogP contribution in [-0.4, -0.2) is 11.5 Å². The highest BCUT2D eigenvalue weighted by molar-refractivity contribution is 4.06. The molecule has 0 aliphatic carbocycles. The summed E-state index contributed by atoms with van der Waals surface area (Å²) in [5, 5.41) is 6.52. The van der Waals surface area contributed by atoms with Crippen LogP contribution in [0.15, 0.2) is 0 Å². The molecule has 0 amide bonds. The highest BCUT2D eigenvalue weighted by Gasteiger charge is 2.20. The van der Waals surface area contributed by atoms with Crippen LogP contribution in [0.4, 0.5) is 36.7 Å². The highest BCUT2D eigenvalue weighted by Crippen LogP contribution is 2.06. The van der Waals surface area contributed by atoms with E-state index in [1.54, 1.807) is 0 Å². The topological polar surface area (TPSA) is 20.2 Å². The summed E-state index contributed by atoms with van der Waals surface area (Å²) in [7, 11) is 0. The fraction of sp³-hybridized carbons (Fsp3) is 1.00. The first-order valence-electron chi connectivity index (χ1n) is 1.79. The third-order valence-electron chi connectivity index (χ3n) is 0. The molecule has 86 valence electrons. The minimum atomic E-state index is -5.00. The molecule has 0 aromatic rings. The van der Waals surface area contributed by atoms with E-state index in [0.29, 0.717) is 0 Å². The van der Waals surface area contributed by atoms with Crippen LogP contribution in [0.3, 0.4) is 0 Å². The number of hydrogen-bond acceptors (Lipinski definition) is 1. The molecule has 0 aromatic heterocycles. The maximum atomic E-state index is 9.91. The lowest BCUT2D eigenvalue weighted by Gasteiger charge is -1.86. The minimum absolute atomic E-state index is 0. The fourth-order valence-corrected chi connectivity index (χ4v) is 0. The van der Waals surface area contributed by atoms with E-state index in [-0.39, 0.29) is 23.5 Å². The Labute approximate surface area is 63.4 Å². The Morgan fingerprint density at radius 1 is 0.750 bits per heavy atom. The number of rotatable bonds is 0. The first-order chi connectivity index (χ1) is 3.00. The molecule has 9 heteroatoms. The molecule has 0 spiro atoms. The largest absolute Gasteiger partial charge is 0.519 e. The molecule has 0 radical (unpaired) electrons. The molecule has 0 heterocycles. The Balaban J connectivity index is -0.00000000671. The summed E-state index contributed by atoms with van der Waals surface area (Å²) in [5.41, 5.74) is 0. The molecule has 0 rings (SSSR count). The van der Waals surface area contributed by atoms with Crippen molar-refractivity contribution >= 4 is 0 Å². The van der Waals surface area contributed by atoms with Gasteiger partial charge in [-0.2, -0.15) is 0 Å². The monoisotopic (exact) mass is 216 g/mol. The summed E-state index contributed by atoms with van der Waals surface area (Å²) in [6, 6.07) is 0. The second kappa shape index (κ2) is 31.5. The van der Waals surface area contributed by atoms with Crippen molar-refractivity contribution in [3.8, 4) is 0 Å². The van der Waals surface area contributed by atoms with Crippen molar-refractivity contribution in [2.24, 2.45) is 0 Å². The van der Waals surface area contributed by atoms with Gasteiger partial charge in [0.1, 0.15) is 0 Å². The van der Waals surface area contributed by atoms with Gasteiger partial charge in [0.2, 0.25) is 0 Å². The first kappa shape index (κ1) is 63.7. The van der Waals surface area contributed by atoms with Gasteiger partial charge < -0.3 is 5.11 Å². The number of aliphatic hydroxyl groups is 1. The summed E-state index contributed by atoms with van der Waals surface area (Å²) in [6.07, 6.45) is -5.00. The number of halogens is 8. The molecule has 0 fully saturated rings. The molecule has 12 heavy (non-hydrogen) atoms. The number of hydrogen-bond donors (Lipinski definition) is 1. The van der Waals surface area contributed by atoms with Crippen LogP contribution in [0.1, 0.15) is 13.8 Å². The lowest BCUT2D eigenvalue weighted by Crippen LogP contribution is -2.01. The van der Waals surface area contributed by atoms with Crippen LogP contribution in [0.25, 0.3) is 0 Å². The molecule has 0 saturated heterocycles. The predicted octanol–water partition coefficient (Wildman–Crippen LogP) is 2.29. The zero-order valence-electron chi connectivity index (χ0n) is 6.12. The smallest absolute Gasteiger partial charge is 0.308 e. The van der Waals surface area contributed by atoms with Crippen LogP contribution >= 0.6 is 0 Å². The molecule has 1 nitrogen and oxygen atoms in total. The van der Waals surface area contributed by atoms with Crippen molar-refractivity contribution in [3.63, 3.8) is 0 Å². The second-order valence-corrected chi connectivity index (χ2v) is 0.468. The molecular formula is C3H12F8O. The molecule has 0 unspecified atom stereocenters. The van der Waals surface area contributed by atoms with Gasteiger partial charge in [-0.3, -0.25) is 23.5 Å². The summed E-state index contributed by atoms with van der Waals surface area (Å²) < 4.78 is 29.7. The van der Waals surface area contributed by atoms with Crippen molar-refractivity contribution in [3.05, 3.63) is 0 Å². The van der Waals surface area contributed by atoms with E-state index in [1.165, 1.54) is 0 Å². The first-order valence-corrected chi connectivity index (χ1v) is 1.79. The van der Waals surface area contributed by atoms with E-state index in [0.717, 1.165) is 0 Å². The van der Waals surface area contributed by atoms with Gasteiger partial charge in [-0.1, -0.05) is 13.8 Å². The molecule has 0 aromatic carbocycles. The molecule has 0 aliphatic rings. The van der Waals surface area contributed by atoms with Gasteiger partial charge in [-0.05, 0) is 0 Å². The Bertz CT molecular complexity index is 29.8. The molecule has 0 bridgehead atoms. The standard InChI is InChI=1S/C2H6.CHF3O.5FH/c1-2;2-1(3,4)5;;;;;/h1-2H3;5H;5*1H. The average Bonchev–Trinajstić information content (AvgIpc) is 1.36. The van der Waals surface area contributed by atoms with E-state index in [9.17, 15) is 13.2 Å². The average molecular weight is 216 g/mol. The maximum Gasteiger partial charge on any atom is 0.519 e. The van der Waals surface area contributed by atoms with Gasteiger partial charge in [0.05, 0.1) is 0 Å². The Hall–Kier alpha value is -0.600. The van der Waals surface area contributed by atoms with Crippen molar-refractivity contribution in [2.45, 2.75) is 20.2 Å². The molecule has 0 saturated carbocycles. The Kier molecular flexibility index (Phi) is 167. The lowest BCUT2D eigenvalue weighted by atomic mass is 11.0. The Morgan fingerprint density at radius 3 is 0.750 bits per heavy atom. The molecule has 0 aliphatic heterocycles. The molecule has 0 atom stereocenters. The Morgan fingerprint density at radius 2 is 0.750 bits per heavy atom. The van der Waals surface area contributed by atoms with Gasteiger partial charge in [-0.25, -0.2) is 0 Å². The minimum Gasteiger partial charge on any atom is -0.308 e. The zero-order chi connectivity index (χ0) is 6.50. The number of alkyl halides is 3. The van der Waals surface area contributed by atoms with Gasteiger partial charge in [0, 0.05) is 0 Å². The summed E-state index contributed by atoms with van der Waals surface area (Å²) >= 11 is 0. The second-order valence-electron chi connectivity index (χ2n) is 0.468. The zero-order valence-corrected chi connectivity index (χ0v) is 6.12. The van der Waals surface area contributed by atoms with Crippen molar-refractivity contribution in [1.29, 1.82) is 0 Å². The summed E-state index contributed by atoms with van der Waals surface area (Å²) in [5.74, 6) is 0. The predicted molar refractivity (Wildman–Crippen MR) is 32.1 cm³/mol. The SMILES string of the molecule is CC.F.F.F.F.F.OC(F)(F)F. The molecular weight excluding hydrogens is 204 g/mol. The van der Waals surface area contributed by atoms with Gasteiger partial charge in [0.25, 0.3) is 0 Å². The van der Waals surface area contributed by atoms with E-state index in [2.05, 4.69) is 0 Å². The van der Waals surface area contributed by atoms with E-state index < -0.39 is 6.36 Å². The maximum absolute atomic E-state index is 9.91. The highest BCUT2D eigenvalue weighted by atomic mass is 19.4. The van der Waals surface area contributed by atoms with E-state index >= 15 is 0 Å². The summed E-state index contributed by atoms with van der Waals surface area (Å²) in [6.45, 7) is 4.00. The van der Waals surface area contributed by atoms with Crippen LogP contribution in [0, 0.1) is 0 Å². The van der Waals surface area contributed by atoms with Crippen molar-refractivity contribution in [1.82, 2.24) is 0 Å². The van der Waals surface area contributed by atoms with Crippen LogP contribution in [-0.2, 0) is 0 Å². The van der Waals surface area contributed by atoms with Gasteiger partial charge in [-0.15, -0.1) is 13.2 Å². The van der Waals surface area contributed by atoms with Gasteiger partial charge >= 0.3 is 6.36 Å². The summed E-state index contributed by atoms with van der Waals surface area (Å²) in [4.78, 5) is 0. The molecule has 1 N–H and O–H groups in total. The van der Waals surface area contributed by atoms with E-state index in [4.69, 9.17) is 5.11 Å². The van der Waals surface area contributed by atoms with Crippen molar-refractivity contribution in [2.75, 3.05) is 0 Å². The quantitative estimate of drug-likeness (QED) is 0.616. The van der Waals surface area contributed by atoms with Crippen LogP contribution < -0.4 is 0 Å².